The minimum absolute atomic E-state index is 0.0556. The van der Waals surface area contributed by atoms with E-state index in [0.717, 1.165) is 0 Å². The van der Waals surface area contributed by atoms with E-state index in [1.165, 1.54) is 5.98 Å². The molecule has 0 aliphatic heterocycles. The molecule has 0 bridgehead atoms. The zero-order valence-electron chi connectivity index (χ0n) is 3.35. The summed E-state index contributed by atoms with van der Waals surface area (Å²) < 4.78 is 0. The van der Waals surface area contributed by atoms with Crippen LogP contribution in [0.4, 0.5) is 4.79 Å². The van der Waals surface area contributed by atoms with Crippen LogP contribution in [-0.4, -0.2) is 18.3 Å². The standard InChI is InChI=1S/C3H5BO2/c1-2-4-3(5)6/h2,4H,1H2,(H,5,6). The maximum absolute atomic E-state index is 9.53. The average Bonchev–Trinajstić information content (AvgIpc) is 1.35. The summed E-state index contributed by atoms with van der Waals surface area (Å²) >= 11 is 0. The number of hydrogen-bond acceptors (Lipinski definition) is 1. The molecule has 0 spiro atoms. The van der Waals surface area contributed by atoms with Crippen molar-refractivity contribution in [3.05, 3.63) is 12.6 Å². The molecule has 3 heteroatoms. The van der Waals surface area contributed by atoms with Crippen molar-refractivity contribution < 1.29 is 9.90 Å². The maximum atomic E-state index is 9.53. The first-order chi connectivity index (χ1) is 2.77. The Bertz CT molecular complexity index is 69.2. The molecule has 0 fully saturated rings. The number of carboxylic acid groups (broad SMARTS) is 1. The van der Waals surface area contributed by atoms with E-state index in [-0.39, 0.29) is 7.28 Å². The Labute approximate surface area is 36.7 Å². The van der Waals surface area contributed by atoms with Crippen molar-refractivity contribution in [2.24, 2.45) is 0 Å². The lowest BCUT2D eigenvalue weighted by atomic mass is 9.80. The van der Waals surface area contributed by atoms with Crippen LogP contribution >= 0.6 is 0 Å². The SMILES string of the molecule is C=CBC(=O)O. The second kappa shape index (κ2) is 2.51. The van der Waals surface area contributed by atoms with Crippen LogP contribution < -0.4 is 0 Å². The van der Waals surface area contributed by atoms with Gasteiger partial charge in [-0.2, -0.15) is 0 Å². The van der Waals surface area contributed by atoms with Crippen LogP contribution in [0.15, 0.2) is 12.6 Å². The fourth-order valence-corrected chi connectivity index (χ4v) is 0.123. The number of hydrogen-bond donors (Lipinski definition) is 1. The van der Waals surface area contributed by atoms with E-state index in [4.69, 9.17) is 5.11 Å². The normalized spacial score (nSPS) is 6.67. The van der Waals surface area contributed by atoms with Gasteiger partial charge in [0.25, 0.3) is 7.28 Å². The van der Waals surface area contributed by atoms with E-state index in [1.54, 1.807) is 0 Å². The zero-order chi connectivity index (χ0) is 4.99. The molecule has 0 aliphatic carbocycles. The molecule has 0 unspecified atom stereocenters. The van der Waals surface area contributed by atoms with E-state index < -0.39 is 5.87 Å². The van der Waals surface area contributed by atoms with Crippen LogP contribution in [0.2, 0.25) is 0 Å². The highest BCUT2D eigenvalue weighted by Crippen LogP contribution is 1.61. The van der Waals surface area contributed by atoms with Crippen molar-refractivity contribution in [2.75, 3.05) is 0 Å². The smallest absolute Gasteiger partial charge is 0.284 e. The Hall–Kier alpha value is -0.725. The van der Waals surface area contributed by atoms with Crippen LogP contribution in [0.25, 0.3) is 0 Å². The van der Waals surface area contributed by atoms with Crippen LogP contribution in [0, 0.1) is 0 Å². The summed E-state index contributed by atoms with van der Waals surface area (Å²) in [5, 5.41) is 7.84. The lowest BCUT2D eigenvalue weighted by Crippen LogP contribution is -1.99. The number of rotatable bonds is 2. The Kier molecular flexibility index (Phi) is 2.21. The minimum Gasteiger partial charge on any atom is -0.489 e. The Morgan fingerprint density at radius 1 is 2.00 bits per heavy atom. The van der Waals surface area contributed by atoms with Gasteiger partial charge in [-0.25, -0.2) is 0 Å². The van der Waals surface area contributed by atoms with Gasteiger partial charge >= 0.3 is 0 Å². The summed E-state index contributed by atoms with van der Waals surface area (Å²) in [5.74, 6) is 0.521. The van der Waals surface area contributed by atoms with Crippen LogP contribution in [0.5, 0.6) is 0 Å². The molecule has 0 amide bonds. The molecule has 0 aromatic heterocycles. The molecular weight excluding hydrogens is 78.8 g/mol. The first-order valence-corrected chi connectivity index (χ1v) is 1.60. The van der Waals surface area contributed by atoms with Gasteiger partial charge in [-0.15, -0.1) is 12.6 Å². The van der Waals surface area contributed by atoms with Crippen molar-refractivity contribution in [3.8, 4) is 0 Å². The monoisotopic (exact) mass is 84.0 g/mol. The Morgan fingerprint density at radius 2 is 2.50 bits per heavy atom. The lowest BCUT2D eigenvalue weighted by molar-refractivity contribution is 0.220. The molecule has 1 N–H and O–H groups in total. The van der Waals surface area contributed by atoms with Gasteiger partial charge in [0, 0.05) is 0 Å². The van der Waals surface area contributed by atoms with Crippen molar-refractivity contribution in [1.29, 1.82) is 0 Å². The molecule has 6 heavy (non-hydrogen) atoms. The van der Waals surface area contributed by atoms with Gasteiger partial charge in [0.2, 0.25) is 5.87 Å². The zero-order valence-corrected chi connectivity index (χ0v) is 3.35. The molecule has 0 aromatic rings. The lowest BCUT2D eigenvalue weighted by Gasteiger charge is -1.72. The van der Waals surface area contributed by atoms with Gasteiger partial charge in [-0.3, -0.25) is 4.79 Å². The molecule has 0 aliphatic rings. The predicted molar refractivity (Wildman–Crippen MR) is 25.4 cm³/mol. The fraction of sp³-hybridized carbons (Fsp3) is 0. The van der Waals surface area contributed by atoms with Crippen LogP contribution in [0.1, 0.15) is 0 Å². The first kappa shape index (κ1) is 5.27. The molecule has 0 rings (SSSR count). The average molecular weight is 83.9 g/mol. The van der Waals surface area contributed by atoms with E-state index in [0.29, 0.717) is 0 Å². The summed E-state index contributed by atoms with van der Waals surface area (Å²) in [6, 6.07) is 0. The Balaban J connectivity index is 3.05. The van der Waals surface area contributed by atoms with Crippen LogP contribution in [-0.2, 0) is 0 Å². The molecular formula is C3H5BO2. The summed E-state index contributed by atoms with van der Waals surface area (Å²) in [7, 11) is 0.0556. The van der Waals surface area contributed by atoms with Gasteiger partial charge < -0.3 is 5.11 Å². The molecule has 0 heterocycles. The minimum atomic E-state index is -0.829. The summed E-state index contributed by atoms with van der Waals surface area (Å²) in [5.41, 5.74) is 0. The topological polar surface area (TPSA) is 37.3 Å². The highest BCUT2D eigenvalue weighted by molar-refractivity contribution is 6.75. The van der Waals surface area contributed by atoms with E-state index >= 15 is 0 Å². The molecule has 0 aromatic carbocycles. The summed E-state index contributed by atoms with van der Waals surface area (Å²) in [6.45, 7) is 3.22. The first-order valence-electron chi connectivity index (χ1n) is 1.60. The second-order valence-electron chi connectivity index (χ2n) is 0.887. The van der Waals surface area contributed by atoms with Crippen molar-refractivity contribution in [1.82, 2.24) is 0 Å². The van der Waals surface area contributed by atoms with Gasteiger partial charge in [0.1, 0.15) is 0 Å². The molecule has 32 valence electrons. The summed E-state index contributed by atoms with van der Waals surface area (Å²) in [4.78, 5) is 9.53. The van der Waals surface area contributed by atoms with Gasteiger partial charge in [-0.1, -0.05) is 0 Å². The van der Waals surface area contributed by atoms with E-state index in [2.05, 4.69) is 6.58 Å². The Morgan fingerprint density at radius 3 is 2.50 bits per heavy atom. The largest absolute Gasteiger partial charge is 0.489 e. The van der Waals surface area contributed by atoms with Crippen molar-refractivity contribution in [2.45, 2.75) is 0 Å². The maximum Gasteiger partial charge on any atom is 0.284 e. The molecule has 0 atom stereocenters. The molecule has 0 radical (unpaired) electrons. The van der Waals surface area contributed by atoms with Crippen molar-refractivity contribution in [3.63, 3.8) is 0 Å². The highest BCUT2D eigenvalue weighted by Gasteiger charge is 1.88. The summed E-state index contributed by atoms with van der Waals surface area (Å²) in [6.07, 6.45) is 0. The van der Waals surface area contributed by atoms with Gasteiger partial charge in [0.15, 0.2) is 0 Å². The fourth-order valence-electron chi connectivity index (χ4n) is 0.123. The van der Waals surface area contributed by atoms with Crippen LogP contribution in [0.3, 0.4) is 0 Å². The third-order valence-electron chi connectivity index (χ3n) is 0.319. The molecule has 0 saturated heterocycles. The van der Waals surface area contributed by atoms with E-state index in [9.17, 15) is 4.79 Å². The number of carbonyl (C=O) groups is 1. The quantitative estimate of drug-likeness (QED) is 0.486. The third kappa shape index (κ3) is 3.27. The predicted octanol–water partition coefficient (Wildman–Crippen LogP) is 0.244. The second-order valence-corrected chi connectivity index (χ2v) is 0.887. The highest BCUT2D eigenvalue weighted by atomic mass is 16.4. The van der Waals surface area contributed by atoms with E-state index in [1.807, 2.05) is 0 Å². The van der Waals surface area contributed by atoms with Crippen molar-refractivity contribution >= 4 is 13.1 Å². The van der Waals surface area contributed by atoms with Gasteiger partial charge in [0.05, 0.1) is 0 Å². The van der Waals surface area contributed by atoms with Gasteiger partial charge in [-0.05, 0) is 0 Å². The molecule has 0 saturated carbocycles. The third-order valence-corrected chi connectivity index (χ3v) is 0.319. The molecule has 2 nitrogen and oxygen atoms in total.